The first-order valence-electron chi connectivity index (χ1n) is 5.51. The summed E-state index contributed by atoms with van der Waals surface area (Å²) in [5.74, 6) is -0.738. The first kappa shape index (κ1) is 13.0. The summed E-state index contributed by atoms with van der Waals surface area (Å²) in [6.07, 6.45) is 1.13. The molecular formula is C11H15BrN2O2S. The lowest BCUT2D eigenvalue weighted by molar-refractivity contribution is -0.139. The second-order valence-corrected chi connectivity index (χ2v) is 6.88. The van der Waals surface area contributed by atoms with Gasteiger partial charge in [0.2, 0.25) is 0 Å². The summed E-state index contributed by atoms with van der Waals surface area (Å²) >= 11 is 5.15. The topological polar surface area (TPSA) is 61.4 Å². The van der Waals surface area contributed by atoms with E-state index in [0.29, 0.717) is 0 Å². The summed E-state index contributed by atoms with van der Waals surface area (Å²) in [6.45, 7) is 2.31. The van der Waals surface area contributed by atoms with Gasteiger partial charge in [0.15, 0.2) is 0 Å². The minimum absolute atomic E-state index is 0.189. The van der Waals surface area contributed by atoms with E-state index in [0.717, 1.165) is 29.8 Å². The maximum atomic E-state index is 10.8. The van der Waals surface area contributed by atoms with E-state index in [1.807, 2.05) is 6.07 Å². The monoisotopic (exact) mass is 318 g/mol. The average molecular weight is 319 g/mol. The molecule has 0 amide bonds. The summed E-state index contributed by atoms with van der Waals surface area (Å²) < 4.78 is 1.14. The van der Waals surface area contributed by atoms with Gasteiger partial charge in [-0.05, 0) is 34.5 Å². The van der Waals surface area contributed by atoms with Gasteiger partial charge in [-0.1, -0.05) is 0 Å². The van der Waals surface area contributed by atoms with Gasteiger partial charge >= 0.3 is 5.97 Å². The van der Waals surface area contributed by atoms with Crippen molar-refractivity contribution < 1.29 is 9.90 Å². The first-order valence-corrected chi connectivity index (χ1v) is 7.12. The molecule has 1 saturated heterocycles. The smallest absolute Gasteiger partial charge is 0.305 e. The van der Waals surface area contributed by atoms with Crippen LogP contribution in [-0.4, -0.2) is 36.2 Å². The zero-order valence-electron chi connectivity index (χ0n) is 9.33. The molecule has 6 heteroatoms. The summed E-state index contributed by atoms with van der Waals surface area (Å²) in [6, 6.07) is 4.14. The highest BCUT2D eigenvalue weighted by Crippen LogP contribution is 2.22. The van der Waals surface area contributed by atoms with Crippen LogP contribution in [0.1, 0.15) is 11.3 Å². The van der Waals surface area contributed by atoms with Gasteiger partial charge in [0.05, 0.1) is 15.7 Å². The molecule has 0 atom stereocenters. The molecule has 0 spiro atoms. The van der Waals surface area contributed by atoms with Crippen molar-refractivity contribution in [2.75, 3.05) is 19.6 Å². The van der Waals surface area contributed by atoms with E-state index in [1.165, 1.54) is 4.88 Å². The molecule has 1 aliphatic heterocycles. The van der Waals surface area contributed by atoms with Crippen molar-refractivity contribution in [1.82, 2.24) is 10.6 Å². The zero-order chi connectivity index (χ0) is 12.3. The predicted octanol–water partition coefficient (Wildman–Crippen LogP) is 1.46. The summed E-state index contributed by atoms with van der Waals surface area (Å²) in [5.41, 5.74) is -0.236. The van der Waals surface area contributed by atoms with E-state index < -0.39 is 5.97 Å². The Balaban J connectivity index is 1.78. The number of carboxylic acids is 1. The van der Waals surface area contributed by atoms with Crippen molar-refractivity contribution in [2.24, 2.45) is 0 Å². The lowest BCUT2D eigenvalue weighted by atomic mass is 9.88. The number of carbonyl (C=O) groups is 1. The van der Waals surface area contributed by atoms with Crippen molar-refractivity contribution in [2.45, 2.75) is 18.4 Å². The van der Waals surface area contributed by atoms with E-state index in [9.17, 15) is 4.79 Å². The largest absolute Gasteiger partial charge is 0.481 e. The van der Waals surface area contributed by atoms with Gasteiger partial charge in [0.1, 0.15) is 0 Å². The van der Waals surface area contributed by atoms with E-state index in [1.54, 1.807) is 11.3 Å². The number of aliphatic carboxylic acids is 1. The molecule has 4 nitrogen and oxygen atoms in total. The number of rotatable bonds is 6. The first-order chi connectivity index (χ1) is 8.10. The highest BCUT2D eigenvalue weighted by atomic mass is 79.9. The van der Waals surface area contributed by atoms with Gasteiger partial charge in [0, 0.05) is 24.5 Å². The Labute approximate surface area is 113 Å². The molecule has 3 N–H and O–H groups in total. The van der Waals surface area contributed by atoms with Crippen LogP contribution in [0, 0.1) is 0 Å². The van der Waals surface area contributed by atoms with Crippen LogP contribution in [0.25, 0.3) is 0 Å². The quantitative estimate of drug-likeness (QED) is 0.743. The molecule has 1 fully saturated rings. The average Bonchev–Trinajstić information content (AvgIpc) is 2.60. The van der Waals surface area contributed by atoms with E-state index in [-0.39, 0.29) is 12.0 Å². The molecule has 0 radical (unpaired) electrons. The van der Waals surface area contributed by atoms with Gasteiger partial charge < -0.3 is 15.7 Å². The van der Waals surface area contributed by atoms with Gasteiger partial charge in [-0.2, -0.15) is 0 Å². The van der Waals surface area contributed by atoms with Crippen LogP contribution in [0.15, 0.2) is 15.9 Å². The van der Waals surface area contributed by atoms with Crippen LogP contribution in [-0.2, 0) is 11.2 Å². The Morgan fingerprint density at radius 2 is 2.35 bits per heavy atom. The van der Waals surface area contributed by atoms with Gasteiger partial charge in [-0.3, -0.25) is 4.79 Å². The fourth-order valence-corrected chi connectivity index (χ4v) is 3.45. The maximum Gasteiger partial charge on any atom is 0.305 e. The van der Waals surface area contributed by atoms with Crippen LogP contribution in [0.2, 0.25) is 0 Å². The van der Waals surface area contributed by atoms with Crippen LogP contribution in [0.5, 0.6) is 0 Å². The van der Waals surface area contributed by atoms with Crippen LogP contribution in [0.3, 0.4) is 0 Å². The SMILES string of the molecule is O=C(O)CC1(NCCc2ccc(Br)s2)CNC1. The standard InChI is InChI=1S/C11H15BrN2O2S/c12-9-2-1-8(17-9)3-4-14-11(5-10(15)16)6-13-7-11/h1-2,13-14H,3-7H2,(H,15,16). The molecular weight excluding hydrogens is 304 g/mol. The Kier molecular flexibility index (Phi) is 4.19. The number of hydrogen-bond acceptors (Lipinski definition) is 4. The summed E-state index contributed by atoms with van der Waals surface area (Å²) in [4.78, 5) is 12.1. The Bertz CT molecular complexity index is 404. The minimum Gasteiger partial charge on any atom is -0.481 e. The summed E-state index contributed by atoms with van der Waals surface area (Å²) in [7, 11) is 0. The van der Waals surface area contributed by atoms with Crippen molar-refractivity contribution in [1.29, 1.82) is 0 Å². The molecule has 0 aliphatic carbocycles. The molecule has 0 unspecified atom stereocenters. The second-order valence-electron chi connectivity index (χ2n) is 4.34. The molecule has 2 rings (SSSR count). The number of nitrogens with one attached hydrogen (secondary N) is 2. The van der Waals surface area contributed by atoms with Gasteiger partial charge in [-0.15, -0.1) is 11.3 Å². The molecule has 94 valence electrons. The van der Waals surface area contributed by atoms with Gasteiger partial charge in [-0.25, -0.2) is 0 Å². The number of carboxylic acid groups (broad SMARTS) is 1. The molecule has 0 bridgehead atoms. The zero-order valence-corrected chi connectivity index (χ0v) is 11.7. The molecule has 1 aromatic rings. The predicted molar refractivity (Wildman–Crippen MR) is 71.6 cm³/mol. The summed E-state index contributed by atoms with van der Waals surface area (Å²) in [5, 5.41) is 15.4. The fourth-order valence-electron chi connectivity index (χ4n) is 1.97. The molecule has 2 heterocycles. The lowest BCUT2D eigenvalue weighted by Crippen LogP contribution is -2.68. The highest BCUT2D eigenvalue weighted by Gasteiger charge is 2.38. The van der Waals surface area contributed by atoms with Crippen molar-refractivity contribution in [3.63, 3.8) is 0 Å². The molecule has 1 aliphatic rings. The van der Waals surface area contributed by atoms with E-state index in [2.05, 4.69) is 32.6 Å². The van der Waals surface area contributed by atoms with Crippen LogP contribution in [0.4, 0.5) is 0 Å². The third kappa shape index (κ3) is 3.51. The third-order valence-electron chi connectivity index (χ3n) is 2.92. The second kappa shape index (κ2) is 5.48. The van der Waals surface area contributed by atoms with Gasteiger partial charge in [0.25, 0.3) is 0 Å². The van der Waals surface area contributed by atoms with Crippen molar-refractivity contribution in [3.05, 3.63) is 20.8 Å². The maximum absolute atomic E-state index is 10.8. The Morgan fingerprint density at radius 1 is 1.59 bits per heavy atom. The molecule has 1 aromatic heterocycles. The highest BCUT2D eigenvalue weighted by molar-refractivity contribution is 9.11. The Morgan fingerprint density at radius 3 is 2.82 bits per heavy atom. The normalized spacial score (nSPS) is 17.7. The van der Waals surface area contributed by atoms with Crippen molar-refractivity contribution >= 4 is 33.2 Å². The number of hydrogen-bond donors (Lipinski definition) is 3. The third-order valence-corrected chi connectivity index (χ3v) is 4.60. The molecule has 0 aromatic carbocycles. The van der Waals surface area contributed by atoms with E-state index in [4.69, 9.17) is 5.11 Å². The molecule has 17 heavy (non-hydrogen) atoms. The minimum atomic E-state index is -0.738. The number of halogens is 1. The van der Waals surface area contributed by atoms with E-state index >= 15 is 0 Å². The Hall–Kier alpha value is -0.430. The van der Waals surface area contributed by atoms with Crippen molar-refractivity contribution in [3.8, 4) is 0 Å². The molecule has 0 saturated carbocycles. The lowest BCUT2D eigenvalue weighted by Gasteiger charge is -2.42. The van der Waals surface area contributed by atoms with Crippen LogP contribution >= 0.6 is 27.3 Å². The van der Waals surface area contributed by atoms with Crippen LogP contribution < -0.4 is 10.6 Å². The fraction of sp³-hybridized carbons (Fsp3) is 0.545. The number of thiophene rings is 1.